The monoisotopic (exact) mass is 411 g/mol. The quantitative estimate of drug-likeness (QED) is 0.499. The van der Waals surface area contributed by atoms with Crippen LogP contribution < -0.4 is 10.0 Å². The number of aromatic nitrogens is 2. The molecule has 0 bridgehead atoms. The average Bonchev–Trinajstić information content (AvgIpc) is 2.85. The van der Waals surface area contributed by atoms with Crippen LogP contribution in [-0.2, 0) is 19.6 Å². The van der Waals surface area contributed by atoms with Crippen LogP contribution in [0.5, 0.6) is 0 Å². The highest BCUT2D eigenvalue weighted by Crippen LogP contribution is 2.17. The van der Waals surface area contributed by atoms with Gasteiger partial charge in [0.2, 0.25) is 15.9 Å². The normalized spacial score (nSPS) is 21.5. The molecule has 1 aliphatic heterocycles. The number of aliphatic hydroxyl groups is 1. The third-order valence-electron chi connectivity index (χ3n) is 4.36. The molecule has 1 amide bonds. The fourth-order valence-corrected chi connectivity index (χ4v) is 3.65. The predicted octanol–water partition coefficient (Wildman–Crippen LogP) is -0.578. The average molecular weight is 411 g/mol. The van der Waals surface area contributed by atoms with E-state index in [0.717, 1.165) is 23.1 Å². The van der Waals surface area contributed by atoms with Gasteiger partial charge >= 0.3 is 0 Å². The highest BCUT2D eigenvalue weighted by atomic mass is 32.2. The van der Waals surface area contributed by atoms with Crippen molar-refractivity contribution in [3.63, 3.8) is 0 Å². The van der Waals surface area contributed by atoms with E-state index in [1.165, 1.54) is 0 Å². The molecule has 11 heteroatoms. The van der Waals surface area contributed by atoms with Crippen LogP contribution in [0.25, 0.3) is 11.0 Å². The minimum Gasteiger partial charge on any atom is -0.385 e. The number of amides is 1. The van der Waals surface area contributed by atoms with Crippen LogP contribution in [0.4, 0.5) is 5.69 Å². The van der Waals surface area contributed by atoms with E-state index in [-0.39, 0.29) is 32.1 Å². The van der Waals surface area contributed by atoms with Crippen molar-refractivity contribution in [2.45, 2.75) is 12.5 Å². The summed E-state index contributed by atoms with van der Waals surface area (Å²) in [6.07, 6.45) is 1.02. The molecule has 1 aliphatic rings. The highest BCUT2D eigenvalue weighted by Gasteiger charge is 2.33. The van der Waals surface area contributed by atoms with E-state index in [1.807, 2.05) is 19.1 Å². The molecular formula is C17H25N5O5S. The Bertz CT molecular complexity index is 960. The van der Waals surface area contributed by atoms with E-state index < -0.39 is 15.6 Å². The van der Waals surface area contributed by atoms with Crippen LogP contribution >= 0.6 is 0 Å². The third-order valence-corrected chi connectivity index (χ3v) is 5.02. The predicted molar refractivity (Wildman–Crippen MR) is 105 cm³/mol. The molecule has 154 valence electrons. The van der Waals surface area contributed by atoms with Crippen LogP contribution in [-0.4, -0.2) is 85.5 Å². The Morgan fingerprint density at radius 2 is 2.25 bits per heavy atom. The van der Waals surface area contributed by atoms with Gasteiger partial charge in [0.15, 0.2) is 0 Å². The number of imidazole rings is 1. The van der Waals surface area contributed by atoms with E-state index >= 15 is 0 Å². The molecule has 1 aromatic heterocycles. The second-order valence-electron chi connectivity index (χ2n) is 7.18. The molecule has 1 saturated heterocycles. The zero-order chi connectivity index (χ0) is 20.4. The van der Waals surface area contributed by atoms with Gasteiger partial charge in [0.25, 0.3) is 0 Å². The topological polar surface area (TPSA) is 137 Å². The van der Waals surface area contributed by atoms with Gasteiger partial charge in [-0.05, 0) is 25.1 Å². The van der Waals surface area contributed by atoms with Crippen LogP contribution in [0.2, 0.25) is 0 Å². The molecule has 10 nitrogen and oxygen atoms in total. The molecule has 28 heavy (non-hydrogen) atoms. The minimum atomic E-state index is -3.44. The zero-order valence-corrected chi connectivity index (χ0v) is 16.7. The molecule has 1 fully saturated rings. The number of fused-ring (bicyclic) bond motifs is 1. The van der Waals surface area contributed by atoms with Gasteiger partial charge in [-0.15, -0.1) is 0 Å². The van der Waals surface area contributed by atoms with E-state index in [1.54, 1.807) is 11.0 Å². The van der Waals surface area contributed by atoms with Crippen LogP contribution in [0.15, 0.2) is 18.2 Å². The van der Waals surface area contributed by atoms with Crippen LogP contribution in [0.1, 0.15) is 5.82 Å². The number of carbonyl (C=O) groups excluding carboxylic acids is 1. The first-order valence-electron chi connectivity index (χ1n) is 8.85. The number of anilines is 1. The first-order valence-corrected chi connectivity index (χ1v) is 10.7. The molecule has 1 aromatic carbocycles. The van der Waals surface area contributed by atoms with Gasteiger partial charge in [0.1, 0.15) is 11.4 Å². The SMILES string of the molecule is Cc1nc2ccc(NC(=O)CN3CCOCC(O)(CNS(C)(=O)=O)C3)cc2[nH]1. The fourth-order valence-electron chi connectivity index (χ4n) is 3.12. The van der Waals surface area contributed by atoms with Gasteiger partial charge < -0.3 is 20.1 Å². The lowest BCUT2D eigenvalue weighted by Gasteiger charge is -2.30. The Balaban J connectivity index is 1.61. The highest BCUT2D eigenvalue weighted by molar-refractivity contribution is 7.88. The van der Waals surface area contributed by atoms with Crippen molar-refractivity contribution < 1.29 is 23.1 Å². The van der Waals surface area contributed by atoms with Crippen molar-refractivity contribution in [3.8, 4) is 0 Å². The lowest BCUT2D eigenvalue weighted by Crippen LogP contribution is -2.53. The maximum Gasteiger partial charge on any atom is 0.238 e. The summed E-state index contributed by atoms with van der Waals surface area (Å²) < 4.78 is 30.3. The Hall–Kier alpha value is -2.05. The summed E-state index contributed by atoms with van der Waals surface area (Å²) in [6, 6.07) is 5.41. The van der Waals surface area contributed by atoms with Gasteiger partial charge in [-0.25, -0.2) is 18.1 Å². The third kappa shape index (κ3) is 5.72. The molecule has 1 unspecified atom stereocenters. The summed E-state index contributed by atoms with van der Waals surface area (Å²) in [7, 11) is -3.44. The van der Waals surface area contributed by atoms with E-state index in [4.69, 9.17) is 4.74 Å². The number of H-pyrrole nitrogens is 1. The second-order valence-corrected chi connectivity index (χ2v) is 9.02. The molecule has 4 N–H and O–H groups in total. The first kappa shape index (κ1) is 20.7. The zero-order valence-electron chi connectivity index (χ0n) is 15.9. The Morgan fingerprint density at radius 1 is 1.46 bits per heavy atom. The molecule has 1 atom stereocenters. The standard InChI is InChI=1S/C17H25N5O5S/c1-12-19-14-4-3-13(7-15(14)20-12)21-16(23)8-22-5-6-27-11-17(24,10-22)9-18-28(2,25)26/h3-4,7,18,24H,5-6,8-11H2,1-2H3,(H,19,20)(H,21,23). The second kappa shape index (κ2) is 8.13. The number of nitrogens with zero attached hydrogens (tertiary/aromatic N) is 2. The van der Waals surface area contributed by atoms with Crippen LogP contribution in [0, 0.1) is 6.92 Å². The number of sulfonamides is 1. The summed E-state index contributed by atoms with van der Waals surface area (Å²) in [5, 5.41) is 13.5. The number of carbonyl (C=O) groups is 1. The van der Waals surface area contributed by atoms with Crippen molar-refractivity contribution in [1.29, 1.82) is 0 Å². The summed E-state index contributed by atoms with van der Waals surface area (Å²) in [4.78, 5) is 21.6. The Labute approximate surface area is 163 Å². The van der Waals surface area contributed by atoms with Crippen LogP contribution in [0.3, 0.4) is 0 Å². The number of hydrogen-bond donors (Lipinski definition) is 4. The molecule has 0 saturated carbocycles. The Kier molecular flexibility index (Phi) is 6.01. The van der Waals surface area contributed by atoms with Crippen molar-refractivity contribution in [2.75, 3.05) is 51.0 Å². The van der Waals surface area contributed by atoms with E-state index in [0.29, 0.717) is 18.8 Å². The van der Waals surface area contributed by atoms with Crippen molar-refractivity contribution >= 4 is 32.7 Å². The summed E-state index contributed by atoms with van der Waals surface area (Å²) >= 11 is 0. The molecule has 2 aromatic rings. The lowest BCUT2D eigenvalue weighted by atomic mass is 10.1. The van der Waals surface area contributed by atoms with Gasteiger partial charge in [-0.2, -0.15) is 0 Å². The summed E-state index contributed by atoms with van der Waals surface area (Å²) in [5.41, 5.74) is 0.885. The van der Waals surface area contributed by atoms with Gasteiger partial charge in [-0.1, -0.05) is 0 Å². The number of β-amino-alcohol motifs (C(OH)–C–C–N with tert-alkyl or cyclic N) is 1. The number of hydrogen-bond acceptors (Lipinski definition) is 7. The molecule has 0 spiro atoms. The summed E-state index contributed by atoms with van der Waals surface area (Å²) in [6.45, 7) is 2.62. The molecule has 2 heterocycles. The number of nitrogens with one attached hydrogen (secondary N) is 3. The Morgan fingerprint density at radius 3 is 3.00 bits per heavy atom. The minimum absolute atomic E-state index is 0.0104. The smallest absolute Gasteiger partial charge is 0.238 e. The number of rotatable bonds is 6. The van der Waals surface area contributed by atoms with Gasteiger partial charge in [0.05, 0.1) is 37.0 Å². The molecule has 0 aliphatic carbocycles. The van der Waals surface area contributed by atoms with Crippen molar-refractivity contribution in [3.05, 3.63) is 24.0 Å². The molecule has 0 radical (unpaired) electrons. The number of benzene rings is 1. The maximum absolute atomic E-state index is 12.4. The van der Waals surface area contributed by atoms with Crippen molar-refractivity contribution in [2.24, 2.45) is 0 Å². The first-order chi connectivity index (χ1) is 13.1. The van der Waals surface area contributed by atoms with E-state index in [9.17, 15) is 18.3 Å². The number of aromatic amines is 1. The largest absolute Gasteiger partial charge is 0.385 e. The maximum atomic E-state index is 12.4. The van der Waals surface area contributed by atoms with Crippen molar-refractivity contribution in [1.82, 2.24) is 19.6 Å². The number of aryl methyl sites for hydroxylation is 1. The fraction of sp³-hybridized carbons (Fsp3) is 0.529. The lowest BCUT2D eigenvalue weighted by molar-refractivity contribution is -0.117. The van der Waals surface area contributed by atoms with Gasteiger partial charge in [-0.3, -0.25) is 9.69 Å². The summed E-state index contributed by atoms with van der Waals surface area (Å²) in [5.74, 6) is 0.556. The number of ether oxygens (including phenoxy) is 1. The molecule has 3 rings (SSSR count). The molecular weight excluding hydrogens is 386 g/mol. The van der Waals surface area contributed by atoms with Gasteiger partial charge in [0, 0.05) is 25.3 Å². The van der Waals surface area contributed by atoms with E-state index in [2.05, 4.69) is 20.0 Å².